The summed E-state index contributed by atoms with van der Waals surface area (Å²) in [6, 6.07) is 60.4. The highest BCUT2D eigenvalue weighted by Gasteiger charge is 2.41. The van der Waals surface area contributed by atoms with E-state index in [1.165, 1.54) is 94.1 Å². The van der Waals surface area contributed by atoms with Crippen LogP contribution < -0.4 is 4.90 Å². The lowest BCUT2D eigenvalue weighted by Crippen LogP contribution is -2.34. The zero-order chi connectivity index (χ0) is 35.2. The van der Waals surface area contributed by atoms with Crippen molar-refractivity contribution < 1.29 is 0 Å². The summed E-state index contributed by atoms with van der Waals surface area (Å²) in [6.45, 7) is 2.39. The smallest absolute Gasteiger partial charge is 0.0664 e. The van der Waals surface area contributed by atoms with E-state index in [1.807, 2.05) is 0 Å². The topological polar surface area (TPSA) is 13.1 Å². The number of benzene rings is 7. The van der Waals surface area contributed by atoms with Crippen molar-refractivity contribution in [2.75, 3.05) is 4.90 Å². The predicted octanol–water partition coefficient (Wildman–Crippen LogP) is 12.7. The summed E-state index contributed by atoms with van der Waals surface area (Å²) < 4.78 is 4.83. The zero-order valence-electron chi connectivity index (χ0n) is 29.7. The van der Waals surface area contributed by atoms with E-state index >= 15 is 0 Å². The van der Waals surface area contributed by atoms with Crippen molar-refractivity contribution >= 4 is 66.1 Å². The number of anilines is 2. The van der Waals surface area contributed by atoms with Gasteiger partial charge in [-0.15, -0.1) is 0 Å². The SMILES string of the molecule is CC1C(c2ccccc2)=CC=C2c3ccccc3N(c3ccc4c5ccc(-n6c7ccccc7c7ccc(-c8ccccc8)cc76)cc5n(C)c4c3)C21. The van der Waals surface area contributed by atoms with E-state index < -0.39 is 0 Å². The van der Waals surface area contributed by atoms with Gasteiger partial charge >= 0.3 is 0 Å². The van der Waals surface area contributed by atoms with Gasteiger partial charge in [0.15, 0.2) is 0 Å². The van der Waals surface area contributed by atoms with Gasteiger partial charge in [-0.1, -0.05) is 140 Å². The Labute approximate surface area is 309 Å². The fourth-order valence-electron chi connectivity index (χ4n) is 9.38. The van der Waals surface area contributed by atoms with E-state index in [1.54, 1.807) is 0 Å². The highest BCUT2D eigenvalue weighted by atomic mass is 15.2. The molecule has 252 valence electrons. The molecule has 3 heterocycles. The van der Waals surface area contributed by atoms with Crippen LogP contribution in [0.15, 0.2) is 176 Å². The minimum absolute atomic E-state index is 0.211. The Bertz CT molecular complexity index is 2980. The molecule has 0 spiro atoms. The highest BCUT2D eigenvalue weighted by Crippen LogP contribution is 2.52. The third kappa shape index (κ3) is 4.41. The third-order valence-corrected chi connectivity index (χ3v) is 11.9. The number of nitrogens with zero attached hydrogens (tertiary/aromatic N) is 3. The minimum atomic E-state index is 0.211. The van der Waals surface area contributed by atoms with E-state index in [0.717, 1.165) is 0 Å². The molecule has 1 aliphatic carbocycles. The van der Waals surface area contributed by atoms with Crippen molar-refractivity contribution in [3.8, 4) is 16.8 Å². The molecule has 0 saturated heterocycles. The molecule has 3 heteroatoms. The summed E-state index contributed by atoms with van der Waals surface area (Å²) >= 11 is 0. The van der Waals surface area contributed by atoms with E-state index in [4.69, 9.17) is 0 Å². The molecular weight excluding hydrogens is 643 g/mol. The second-order valence-corrected chi connectivity index (χ2v) is 14.6. The average molecular weight is 680 g/mol. The molecule has 0 N–H and O–H groups in total. The monoisotopic (exact) mass is 679 g/mol. The first-order chi connectivity index (χ1) is 26.1. The Hall–Kier alpha value is -6.58. The maximum Gasteiger partial charge on any atom is 0.0664 e. The van der Waals surface area contributed by atoms with Crippen LogP contribution in [0, 0.1) is 5.92 Å². The fourth-order valence-corrected chi connectivity index (χ4v) is 9.38. The standard InChI is InChI=1S/C50H37N3/c1-32-38(34-15-7-4-8-16-34)27-28-44-40-18-10-12-20-46(40)53(50(32)44)37-23-26-42-41-25-22-36(30-47(41)51(2)48(42)31-37)52-45-19-11-9-17-39(45)43-24-21-35(29-49(43)52)33-13-5-3-6-14-33/h3-32,50H,1-2H3. The van der Waals surface area contributed by atoms with Gasteiger partial charge in [-0.25, -0.2) is 0 Å². The Morgan fingerprint density at radius 3 is 1.81 bits per heavy atom. The number of allylic oxidation sites excluding steroid dienone is 2. The van der Waals surface area contributed by atoms with Crippen LogP contribution in [-0.2, 0) is 7.05 Å². The molecule has 11 rings (SSSR count). The molecule has 1 aliphatic heterocycles. The molecule has 3 nitrogen and oxygen atoms in total. The van der Waals surface area contributed by atoms with Gasteiger partial charge in [-0.3, -0.25) is 0 Å². The molecule has 7 aromatic carbocycles. The maximum atomic E-state index is 2.59. The molecule has 0 amide bonds. The molecule has 2 unspecified atom stereocenters. The van der Waals surface area contributed by atoms with Crippen LogP contribution in [0.2, 0.25) is 0 Å². The lowest BCUT2D eigenvalue weighted by Gasteiger charge is -2.36. The summed E-state index contributed by atoms with van der Waals surface area (Å²) in [7, 11) is 2.22. The molecule has 2 aromatic heterocycles. The normalized spacial score (nSPS) is 16.7. The summed E-state index contributed by atoms with van der Waals surface area (Å²) in [5, 5.41) is 5.08. The van der Waals surface area contributed by atoms with Crippen molar-refractivity contribution in [1.82, 2.24) is 9.13 Å². The number of aryl methyl sites for hydroxylation is 1. The van der Waals surface area contributed by atoms with Gasteiger partial charge in [0.1, 0.15) is 0 Å². The van der Waals surface area contributed by atoms with Crippen molar-refractivity contribution in [3.63, 3.8) is 0 Å². The van der Waals surface area contributed by atoms with Crippen LogP contribution in [0.1, 0.15) is 18.1 Å². The van der Waals surface area contributed by atoms with Crippen LogP contribution in [0.5, 0.6) is 0 Å². The van der Waals surface area contributed by atoms with Crippen LogP contribution in [0.3, 0.4) is 0 Å². The first kappa shape index (κ1) is 30.1. The number of fused-ring (bicyclic) bond motifs is 9. The van der Waals surface area contributed by atoms with Gasteiger partial charge in [-0.05, 0) is 70.3 Å². The summed E-state index contributed by atoms with van der Waals surface area (Å²) in [5.41, 5.74) is 16.4. The lowest BCUT2D eigenvalue weighted by atomic mass is 9.80. The molecule has 2 aliphatic rings. The molecule has 0 saturated carbocycles. The van der Waals surface area contributed by atoms with Gasteiger partial charge in [-0.2, -0.15) is 0 Å². The third-order valence-electron chi connectivity index (χ3n) is 11.9. The highest BCUT2D eigenvalue weighted by molar-refractivity contribution is 6.12. The van der Waals surface area contributed by atoms with E-state index in [9.17, 15) is 0 Å². The first-order valence-electron chi connectivity index (χ1n) is 18.6. The Morgan fingerprint density at radius 2 is 1.02 bits per heavy atom. The summed E-state index contributed by atoms with van der Waals surface area (Å²) in [4.78, 5) is 2.59. The van der Waals surface area contributed by atoms with E-state index in [0.29, 0.717) is 5.92 Å². The number of aromatic nitrogens is 2. The van der Waals surface area contributed by atoms with E-state index in [-0.39, 0.29) is 6.04 Å². The molecular formula is C50H37N3. The minimum Gasteiger partial charge on any atom is -0.343 e. The largest absolute Gasteiger partial charge is 0.343 e. The molecule has 0 radical (unpaired) electrons. The van der Waals surface area contributed by atoms with Gasteiger partial charge in [0, 0.05) is 57.1 Å². The van der Waals surface area contributed by atoms with Crippen LogP contribution in [0.25, 0.3) is 71.6 Å². The number of hydrogen-bond donors (Lipinski definition) is 0. The first-order valence-corrected chi connectivity index (χ1v) is 18.6. The predicted molar refractivity (Wildman–Crippen MR) is 224 cm³/mol. The summed E-state index contributed by atoms with van der Waals surface area (Å²) in [6.07, 6.45) is 4.70. The Kier molecular flexibility index (Phi) is 6.51. The lowest BCUT2D eigenvalue weighted by molar-refractivity contribution is 0.653. The molecule has 9 aromatic rings. The maximum absolute atomic E-state index is 2.59. The Morgan fingerprint density at radius 1 is 0.434 bits per heavy atom. The number of rotatable bonds is 4. The van der Waals surface area contributed by atoms with Gasteiger partial charge in [0.2, 0.25) is 0 Å². The molecule has 0 bridgehead atoms. The van der Waals surface area contributed by atoms with Crippen LogP contribution >= 0.6 is 0 Å². The van der Waals surface area contributed by atoms with Crippen molar-refractivity contribution in [1.29, 1.82) is 0 Å². The second-order valence-electron chi connectivity index (χ2n) is 14.6. The van der Waals surface area contributed by atoms with Crippen LogP contribution in [-0.4, -0.2) is 15.2 Å². The van der Waals surface area contributed by atoms with Crippen molar-refractivity contribution in [2.45, 2.75) is 13.0 Å². The Balaban J connectivity index is 1.06. The molecule has 53 heavy (non-hydrogen) atoms. The molecule has 2 atom stereocenters. The number of hydrogen-bond acceptors (Lipinski definition) is 1. The van der Waals surface area contributed by atoms with Gasteiger partial charge < -0.3 is 14.0 Å². The molecule has 0 fully saturated rings. The van der Waals surface area contributed by atoms with Gasteiger partial charge in [0.05, 0.1) is 28.1 Å². The summed E-state index contributed by atoms with van der Waals surface area (Å²) in [5.74, 6) is 0.309. The van der Waals surface area contributed by atoms with Crippen molar-refractivity contribution in [3.05, 3.63) is 187 Å². The zero-order valence-corrected chi connectivity index (χ0v) is 29.7. The fraction of sp³-hybridized carbons (Fsp3) is 0.0800. The van der Waals surface area contributed by atoms with E-state index in [2.05, 4.69) is 204 Å². The van der Waals surface area contributed by atoms with Gasteiger partial charge in [0.25, 0.3) is 0 Å². The van der Waals surface area contributed by atoms with Crippen LogP contribution in [0.4, 0.5) is 11.4 Å². The number of para-hydroxylation sites is 2. The average Bonchev–Trinajstić information content (AvgIpc) is 3.83. The van der Waals surface area contributed by atoms with Crippen molar-refractivity contribution in [2.24, 2.45) is 13.0 Å². The quantitative estimate of drug-likeness (QED) is 0.180. The second kappa shape index (κ2) is 11.5.